The topological polar surface area (TPSA) is 72.1 Å². The third kappa shape index (κ3) is 1.56. The maximum Gasteiger partial charge on any atom is 0.221 e. The smallest absolute Gasteiger partial charge is 0.221 e. The summed E-state index contributed by atoms with van der Waals surface area (Å²) < 4.78 is 0. The van der Waals surface area contributed by atoms with E-state index >= 15 is 0 Å². The van der Waals surface area contributed by atoms with Crippen LogP contribution in [-0.4, -0.2) is 29.8 Å². The molecule has 0 fully saturated rings. The van der Waals surface area contributed by atoms with E-state index in [1.54, 1.807) is 0 Å². The summed E-state index contributed by atoms with van der Waals surface area (Å²) in [5.41, 5.74) is 10.3. The first-order chi connectivity index (χ1) is 10.6. The van der Waals surface area contributed by atoms with Crippen molar-refractivity contribution >= 4 is 28.3 Å². The molecule has 0 saturated heterocycles. The Balaban J connectivity index is 2.25. The summed E-state index contributed by atoms with van der Waals surface area (Å²) in [6.07, 6.45) is 0. The maximum atomic E-state index is 13.0. The van der Waals surface area contributed by atoms with E-state index in [9.17, 15) is 4.79 Å². The first-order valence-electron chi connectivity index (χ1n) is 6.99. The van der Waals surface area contributed by atoms with E-state index in [0.29, 0.717) is 16.6 Å². The molecule has 0 atom stereocenters. The molecule has 2 aromatic carbocycles. The number of anilines is 2. The number of aromatic nitrogens is 2. The van der Waals surface area contributed by atoms with Crippen molar-refractivity contribution < 1.29 is 4.79 Å². The molecule has 0 unspecified atom stereocenters. The summed E-state index contributed by atoms with van der Waals surface area (Å²) in [7, 11) is 3.84. The van der Waals surface area contributed by atoms with Gasteiger partial charge in [-0.1, -0.05) is 24.3 Å². The van der Waals surface area contributed by atoms with Crippen molar-refractivity contribution in [2.45, 2.75) is 0 Å². The van der Waals surface area contributed by atoms with Crippen LogP contribution in [0.1, 0.15) is 15.9 Å². The number of nitrogen functional groups attached to an aromatic ring is 1. The highest BCUT2D eigenvalue weighted by Crippen LogP contribution is 2.41. The Morgan fingerprint density at radius 3 is 2.45 bits per heavy atom. The van der Waals surface area contributed by atoms with Crippen LogP contribution in [-0.2, 0) is 0 Å². The van der Waals surface area contributed by atoms with Gasteiger partial charge in [-0.25, -0.2) is 9.97 Å². The fourth-order valence-corrected chi connectivity index (χ4v) is 3.05. The zero-order valence-electron chi connectivity index (χ0n) is 12.3. The van der Waals surface area contributed by atoms with Gasteiger partial charge in [0.1, 0.15) is 0 Å². The average Bonchev–Trinajstić information content (AvgIpc) is 2.51. The van der Waals surface area contributed by atoms with Crippen LogP contribution in [0.25, 0.3) is 22.2 Å². The molecule has 2 N–H and O–H groups in total. The van der Waals surface area contributed by atoms with Crippen molar-refractivity contribution in [2.24, 2.45) is 0 Å². The fraction of sp³-hybridized carbons (Fsp3) is 0.118. The molecule has 0 bridgehead atoms. The van der Waals surface area contributed by atoms with Crippen LogP contribution in [0.4, 0.5) is 11.6 Å². The number of hydrogen-bond donors (Lipinski definition) is 1. The number of nitrogens with two attached hydrogens (primary N) is 1. The van der Waals surface area contributed by atoms with E-state index < -0.39 is 0 Å². The first kappa shape index (κ1) is 12.8. The minimum atomic E-state index is 0.00534. The summed E-state index contributed by atoms with van der Waals surface area (Å²) in [5.74, 6) is 0.223. The van der Waals surface area contributed by atoms with Crippen LogP contribution in [0.2, 0.25) is 0 Å². The summed E-state index contributed by atoms with van der Waals surface area (Å²) >= 11 is 0. The second-order valence-electron chi connectivity index (χ2n) is 5.55. The molecular formula is C17H14N4O. The minimum absolute atomic E-state index is 0.00534. The van der Waals surface area contributed by atoms with Crippen LogP contribution in [0, 0.1) is 0 Å². The minimum Gasteiger partial charge on any atom is -0.377 e. The third-order valence-electron chi connectivity index (χ3n) is 4.00. The van der Waals surface area contributed by atoms with Crippen molar-refractivity contribution in [1.82, 2.24) is 9.97 Å². The van der Waals surface area contributed by atoms with Crippen molar-refractivity contribution in [1.29, 1.82) is 0 Å². The molecular weight excluding hydrogens is 276 g/mol. The van der Waals surface area contributed by atoms with E-state index in [1.807, 2.05) is 55.4 Å². The molecule has 0 aliphatic heterocycles. The predicted octanol–water partition coefficient (Wildman–Crippen LogP) is 2.49. The summed E-state index contributed by atoms with van der Waals surface area (Å²) in [6, 6.07) is 11.3. The van der Waals surface area contributed by atoms with Crippen LogP contribution in [0.5, 0.6) is 0 Å². The van der Waals surface area contributed by atoms with Crippen molar-refractivity contribution in [3.63, 3.8) is 0 Å². The number of carbonyl (C=O) groups excluding carboxylic acids is 1. The Bertz CT molecular complexity index is 947. The molecule has 3 aromatic rings. The van der Waals surface area contributed by atoms with E-state index in [1.165, 1.54) is 0 Å². The Morgan fingerprint density at radius 2 is 1.73 bits per heavy atom. The number of nitrogens with zero attached hydrogens (tertiary/aromatic N) is 3. The quantitative estimate of drug-likeness (QED) is 0.583. The third-order valence-corrected chi connectivity index (χ3v) is 4.00. The van der Waals surface area contributed by atoms with Gasteiger partial charge < -0.3 is 10.6 Å². The van der Waals surface area contributed by atoms with Gasteiger partial charge in [0.05, 0.1) is 16.8 Å². The molecule has 22 heavy (non-hydrogen) atoms. The van der Waals surface area contributed by atoms with Crippen LogP contribution in [0.15, 0.2) is 36.4 Å². The van der Waals surface area contributed by atoms with Crippen LogP contribution >= 0.6 is 0 Å². The number of benzene rings is 2. The zero-order chi connectivity index (χ0) is 15.4. The predicted molar refractivity (Wildman–Crippen MR) is 87.1 cm³/mol. The molecule has 5 heteroatoms. The molecule has 0 saturated carbocycles. The summed E-state index contributed by atoms with van der Waals surface area (Å²) in [4.78, 5) is 23.6. The number of fused-ring (bicyclic) bond motifs is 2. The van der Waals surface area contributed by atoms with Gasteiger partial charge in [-0.15, -0.1) is 0 Å². The van der Waals surface area contributed by atoms with E-state index in [0.717, 1.165) is 22.3 Å². The van der Waals surface area contributed by atoms with Crippen molar-refractivity contribution in [3.05, 3.63) is 47.5 Å². The van der Waals surface area contributed by atoms with Gasteiger partial charge in [0.25, 0.3) is 0 Å². The number of hydrogen-bond acceptors (Lipinski definition) is 5. The molecule has 108 valence electrons. The van der Waals surface area contributed by atoms with Gasteiger partial charge in [-0.05, 0) is 12.1 Å². The molecule has 1 aliphatic rings. The van der Waals surface area contributed by atoms with Gasteiger partial charge >= 0.3 is 0 Å². The standard InChI is InChI=1S/C17H14N4O/c1-21(2)12-8-7-11-13-14(12)16(22)10-6-4-3-5-9(10)15(13)20-17(18)19-11/h3-8H,1-2H3,(H2,18,19,20). The van der Waals surface area contributed by atoms with Gasteiger partial charge in [0, 0.05) is 36.3 Å². The van der Waals surface area contributed by atoms with Gasteiger partial charge in [-0.2, -0.15) is 0 Å². The maximum absolute atomic E-state index is 13.0. The number of carbonyl (C=O) groups is 1. The lowest BCUT2D eigenvalue weighted by Crippen LogP contribution is -2.19. The van der Waals surface area contributed by atoms with Crippen molar-refractivity contribution in [3.8, 4) is 11.3 Å². The highest BCUT2D eigenvalue weighted by atomic mass is 16.1. The van der Waals surface area contributed by atoms with E-state index in [-0.39, 0.29) is 11.7 Å². The molecule has 5 nitrogen and oxygen atoms in total. The Labute approximate surface area is 127 Å². The largest absolute Gasteiger partial charge is 0.377 e. The first-order valence-corrected chi connectivity index (χ1v) is 6.99. The number of ketones is 1. The normalized spacial score (nSPS) is 12.4. The Morgan fingerprint density at radius 1 is 1.00 bits per heavy atom. The second kappa shape index (κ2) is 4.27. The summed E-state index contributed by atoms with van der Waals surface area (Å²) in [5, 5.41) is 0.782. The van der Waals surface area contributed by atoms with Gasteiger partial charge in [0.2, 0.25) is 5.95 Å². The van der Waals surface area contributed by atoms with E-state index in [4.69, 9.17) is 5.73 Å². The lowest BCUT2D eigenvalue weighted by Gasteiger charge is -2.24. The van der Waals surface area contributed by atoms with Crippen molar-refractivity contribution in [2.75, 3.05) is 24.7 Å². The molecule has 1 aliphatic carbocycles. The highest BCUT2D eigenvalue weighted by molar-refractivity contribution is 6.27. The zero-order valence-corrected chi connectivity index (χ0v) is 12.3. The van der Waals surface area contributed by atoms with Crippen LogP contribution in [0.3, 0.4) is 0 Å². The number of rotatable bonds is 1. The molecule has 1 aromatic heterocycles. The SMILES string of the molecule is CN(C)c1ccc2nc(N)nc3c2c1C(=O)c1ccccc1-3. The lowest BCUT2D eigenvalue weighted by molar-refractivity contribution is 0.104. The van der Waals surface area contributed by atoms with Gasteiger partial charge in [-0.3, -0.25) is 4.79 Å². The summed E-state index contributed by atoms with van der Waals surface area (Å²) in [6.45, 7) is 0. The fourth-order valence-electron chi connectivity index (χ4n) is 3.05. The van der Waals surface area contributed by atoms with Crippen LogP contribution < -0.4 is 10.6 Å². The lowest BCUT2D eigenvalue weighted by atomic mass is 9.85. The Kier molecular flexibility index (Phi) is 2.48. The molecule has 0 amide bonds. The Hall–Kier alpha value is -2.95. The molecule has 0 spiro atoms. The average molecular weight is 290 g/mol. The highest BCUT2D eigenvalue weighted by Gasteiger charge is 2.29. The monoisotopic (exact) mass is 290 g/mol. The van der Waals surface area contributed by atoms with Gasteiger partial charge in [0.15, 0.2) is 5.78 Å². The molecule has 1 heterocycles. The molecule has 4 rings (SSSR count). The molecule has 0 radical (unpaired) electrons. The van der Waals surface area contributed by atoms with E-state index in [2.05, 4.69) is 9.97 Å². The second-order valence-corrected chi connectivity index (χ2v) is 5.55.